The monoisotopic (exact) mass is 288 g/mol. The van der Waals surface area contributed by atoms with Crippen LogP contribution in [-0.2, 0) is 0 Å². The molecule has 0 amide bonds. The quantitative estimate of drug-likeness (QED) is 0.382. The fourth-order valence-corrected chi connectivity index (χ4v) is 2.76. The number of methoxy groups -OCH3 is 1. The molecule has 1 aromatic carbocycles. The second-order valence-electron chi connectivity index (χ2n) is 3.88. The number of hydrogen-bond acceptors (Lipinski definition) is 7. The number of H-pyrrole nitrogens is 1. The number of ether oxygens (including phenoxy) is 1. The summed E-state index contributed by atoms with van der Waals surface area (Å²) >= 11 is 1.47. The van der Waals surface area contributed by atoms with Crippen LogP contribution in [0.5, 0.6) is 5.75 Å². The van der Waals surface area contributed by atoms with Crippen LogP contribution in [0.1, 0.15) is 0 Å². The van der Waals surface area contributed by atoms with Gasteiger partial charge in [0.05, 0.1) is 23.6 Å². The van der Waals surface area contributed by atoms with Crippen molar-refractivity contribution in [1.29, 1.82) is 0 Å². The van der Waals surface area contributed by atoms with Crippen molar-refractivity contribution in [3.8, 4) is 5.75 Å². The Morgan fingerprint density at radius 2 is 2.15 bits per heavy atom. The third-order valence-electron chi connectivity index (χ3n) is 2.68. The van der Waals surface area contributed by atoms with Gasteiger partial charge < -0.3 is 4.74 Å². The number of fused-ring (bicyclic) bond motifs is 1. The van der Waals surface area contributed by atoms with Crippen molar-refractivity contribution in [3.05, 3.63) is 30.5 Å². The summed E-state index contributed by atoms with van der Waals surface area (Å²) in [5.41, 5.74) is 3.08. The standard InChI is InChI=1S/C12H12N6OS/c1-19-8-4-2-3-5-9(8)20-11-7-6-14-18-10(7)15-12(16-11)17-13/h2-6H,13H2,1H3,(H2,14,15,16,17,18). The zero-order valence-corrected chi connectivity index (χ0v) is 11.4. The van der Waals surface area contributed by atoms with Gasteiger partial charge in [-0.25, -0.2) is 10.8 Å². The molecule has 0 saturated carbocycles. The molecule has 20 heavy (non-hydrogen) atoms. The number of hydrogen-bond donors (Lipinski definition) is 3. The highest BCUT2D eigenvalue weighted by molar-refractivity contribution is 7.99. The predicted octanol–water partition coefficient (Wildman–Crippen LogP) is 1.80. The first-order chi connectivity index (χ1) is 9.81. The number of hydrazine groups is 1. The first kappa shape index (κ1) is 12.7. The number of aromatic nitrogens is 4. The van der Waals surface area contributed by atoms with Crippen LogP contribution in [0.3, 0.4) is 0 Å². The van der Waals surface area contributed by atoms with Crippen molar-refractivity contribution in [3.63, 3.8) is 0 Å². The van der Waals surface area contributed by atoms with Crippen LogP contribution in [0.25, 0.3) is 11.0 Å². The Kier molecular flexibility index (Phi) is 3.40. The summed E-state index contributed by atoms with van der Waals surface area (Å²) in [7, 11) is 1.64. The van der Waals surface area contributed by atoms with Crippen molar-refractivity contribution in [2.24, 2.45) is 5.84 Å². The van der Waals surface area contributed by atoms with Gasteiger partial charge in [-0.2, -0.15) is 10.1 Å². The average molecular weight is 288 g/mol. The first-order valence-electron chi connectivity index (χ1n) is 5.80. The Labute approximate surface area is 118 Å². The van der Waals surface area contributed by atoms with E-state index in [0.29, 0.717) is 11.6 Å². The van der Waals surface area contributed by atoms with Gasteiger partial charge >= 0.3 is 0 Å². The van der Waals surface area contributed by atoms with E-state index in [1.165, 1.54) is 11.8 Å². The van der Waals surface area contributed by atoms with E-state index in [1.807, 2.05) is 24.3 Å². The number of nitrogens with one attached hydrogen (secondary N) is 2. The molecule has 2 aromatic heterocycles. The number of nitrogens with zero attached hydrogens (tertiary/aromatic N) is 3. The van der Waals surface area contributed by atoms with Crippen molar-refractivity contribution in [2.45, 2.75) is 9.92 Å². The molecule has 102 valence electrons. The Hall–Kier alpha value is -2.32. The molecule has 0 radical (unpaired) electrons. The van der Waals surface area contributed by atoms with Gasteiger partial charge in [-0.05, 0) is 12.1 Å². The summed E-state index contributed by atoms with van der Waals surface area (Å²) in [6.07, 6.45) is 1.69. The third kappa shape index (κ3) is 2.26. The second kappa shape index (κ2) is 5.35. The Bertz CT molecular complexity index is 744. The molecule has 7 nitrogen and oxygen atoms in total. The van der Waals surface area contributed by atoms with Crippen molar-refractivity contribution >= 4 is 28.7 Å². The molecule has 0 unspecified atom stereocenters. The van der Waals surface area contributed by atoms with Crippen molar-refractivity contribution in [2.75, 3.05) is 12.5 Å². The molecule has 0 aliphatic heterocycles. The zero-order valence-electron chi connectivity index (χ0n) is 10.6. The normalized spacial score (nSPS) is 10.7. The summed E-state index contributed by atoms with van der Waals surface area (Å²) < 4.78 is 5.34. The molecule has 0 saturated heterocycles. The van der Waals surface area contributed by atoms with E-state index < -0.39 is 0 Å². The van der Waals surface area contributed by atoms with Crippen LogP contribution in [0.4, 0.5) is 5.95 Å². The van der Waals surface area contributed by atoms with Crippen molar-refractivity contribution < 1.29 is 4.74 Å². The number of nitrogen functional groups attached to an aromatic ring is 1. The molecule has 0 spiro atoms. The number of rotatable bonds is 4. The molecule has 0 bridgehead atoms. The van der Waals surface area contributed by atoms with Crippen LogP contribution < -0.4 is 16.0 Å². The molecule has 3 aromatic rings. The third-order valence-corrected chi connectivity index (χ3v) is 3.74. The number of para-hydroxylation sites is 1. The van der Waals surface area contributed by atoms with Crippen molar-refractivity contribution in [1.82, 2.24) is 20.2 Å². The molecule has 0 aliphatic rings. The summed E-state index contributed by atoms with van der Waals surface area (Å²) in [5.74, 6) is 6.50. The van der Waals surface area contributed by atoms with Gasteiger partial charge in [0.15, 0.2) is 5.65 Å². The smallest absolute Gasteiger partial charge is 0.240 e. The van der Waals surface area contributed by atoms with Gasteiger partial charge in [-0.3, -0.25) is 10.5 Å². The highest BCUT2D eigenvalue weighted by atomic mass is 32.2. The van der Waals surface area contributed by atoms with Crippen LogP contribution in [-0.4, -0.2) is 27.3 Å². The molecule has 4 N–H and O–H groups in total. The van der Waals surface area contributed by atoms with Gasteiger partial charge in [0.25, 0.3) is 0 Å². The highest BCUT2D eigenvalue weighted by Crippen LogP contribution is 2.36. The molecule has 0 aliphatic carbocycles. The van der Waals surface area contributed by atoms with Gasteiger partial charge in [0.2, 0.25) is 5.95 Å². The number of anilines is 1. The van der Waals surface area contributed by atoms with Gasteiger partial charge in [-0.15, -0.1) is 0 Å². The van der Waals surface area contributed by atoms with E-state index in [4.69, 9.17) is 10.6 Å². The Morgan fingerprint density at radius 1 is 1.30 bits per heavy atom. The minimum atomic E-state index is 0.333. The van der Waals surface area contributed by atoms with E-state index in [1.54, 1.807) is 13.3 Å². The maximum Gasteiger partial charge on any atom is 0.240 e. The number of aromatic amines is 1. The van der Waals surface area contributed by atoms with E-state index in [-0.39, 0.29) is 0 Å². The fraction of sp³-hybridized carbons (Fsp3) is 0.0833. The number of benzene rings is 1. The lowest BCUT2D eigenvalue weighted by molar-refractivity contribution is 0.405. The molecular weight excluding hydrogens is 276 g/mol. The molecule has 0 atom stereocenters. The SMILES string of the molecule is COc1ccccc1Sc1nc(NN)nc2[nH]ncc12. The maximum atomic E-state index is 5.38. The van der Waals surface area contributed by atoms with Gasteiger partial charge in [0.1, 0.15) is 10.8 Å². The maximum absolute atomic E-state index is 5.38. The zero-order chi connectivity index (χ0) is 13.9. The summed E-state index contributed by atoms with van der Waals surface area (Å²) in [6.45, 7) is 0. The van der Waals surface area contributed by atoms with Crippen LogP contribution in [0.15, 0.2) is 40.4 Å². The van der Waals surface area contributed by atoms with Gasteiger partial charge in [0, 0.05) is 0 Å². The predicted molar refractivity (Wildman–Crippen MR) is 76.6 cm³/mol. The summed E-state index contributed by atoms with van der Waals surface area (Å²) in [5, 5.41) is 8.37. The largest absolute Gasteiger partial charge is 0.496 e. The van der Waals surface area contributed by atoms with Crippen LogP contribution >= 0.6 is 11.8 Å². The topological polar surface area (TPSA) is 102 Å². The Balaban J connectivity index is 2.07. The van der Waals surface area contributed by atoms with Crippen LogP contribution in [0.2, 0.25) is 0 Å². The van der Waals surface area contributed by atoms with E-state index in [0.717, 1.165) is 21.1 Å². The summed E-state index contributed by atoms with van der Waals surface area (Å²) in [6, 6.07) is 7.73. The highest BCUT2D eigenvalue weighted by Gasteiger charge is 2.12. The number of nitrogens with two attached hydrogens (primary N) is 1. The minimum absolute atomic E-state index is 0.333. The summed E-state index contributed by atoms with van der Waals surface area (Å²) in [4.78, 5) is 9.51. The minimum Gasteiger partial charge on any atom is -0.496 e. The average Bonchev–Trinajstić information content (AvgIpc) is 2.96. The lowest BCUT2D eigenvalue weighted by Gasteiger charge is -2.08. The van der Waals surface area contributed by atoms with E-state index in [9.17, 15) is 0 Å². The second-order valence-corrected chi connectivity index (χ2v) is 4.91. The van der Waals surface area contributed by atoms with Gasteiger partial charge in [-0.1, -0.05) is 23.9 Å². The van der Waals surface area contributed by atoms with E-state index >= 15 is 0 Å². The first-order valence-corrected chi connectivity index (χ1v) is 6.62. The lowest BCUT2D eigenvalue weighted by atomic mass is 10.3. The van der Waals surface area contributed by atoms with E-state index in [2.05, 4.69) is 25.6 Å². The molecule has 8 heteroatoms. The molecule has 3 rings (SSSR count). The van der Waals surface area contributed by atoms with Crippen LogP contribution in [0, 0.1) is 0 Å². The fourth-order valence-electron chi connectivity index (χ4n) is 1.76. The molecule has 2 heterocycles. The molecule has 0 fully saturated rings. The lowest BCUT2D eigenvalue weighted by Crippen LogP contribution is -2.10. The Morgan fingerprint density at radius 3 is 2.95 bits per heavy atom. The molecular formula is C12H12N6OS.